The second kappa shape index (κ2) is 2.87. The molecular weight excluding hydrogens is 202 g/mol. The molecule has 0 aromatic carbocycles. The summed E-state index contributed by atoms with van der Waals surface area (Å²) >= 11 is 3.12. The fraction of sp³-hybridized carbons (Fsp3) is 0.500. The highest BCUT2D eigenvalue weighted by atomic mass is 79.9. The minimum absolute atomic E-state index is 0.0666. The van der Waals surface area contributed by atoms with Crippen LogP contribution in [0.25, 0.3) is 0 Å². The molecule has 2 N–H and O–H groups in total. The monoisotopic (exact) mass is 207 g/mol. The Morgan fingerprint density at radius 2 is 2.40 bits per heavy atom. The van der Waals surface area contributed by atoms with Crippen LogP contribution >= 0.6 is 15.9 Å². The van der Waals surface area contributed by atoms with Crippen LogP contribution in [0.5, 0.6) is 0 Å². The van der Waals surface area contributed by atoms with Crippen molar-refractivity contribution in [1.29, 1.82) is 0 Å². The molecule has 0 spiro atoms. The average Bonchev–Trinajstić information content (AvgIpc) is 2.33. The van der Waals surface area contributed by atoms with E-state index in [4.69, 9.17) is 0 Å². The van der Waals surface area contributed by atoms with Crippen LogP contribution in [-0.2, 0) is 0 Å². The molecule has 0 aromatic heterocycles. The van der Waals surface area contributed by atoms with Gasteiger partial charge in [-0.3, -0.25) is 5.32 Å². The van der Waals surface area contributed by atoms with Crippen LogP contribution in [0.1, 0.15) is 0 Å². The number of nitro groups is 1. The van der Waals surface area contributed by atoms with Crippen LogP contribution in [0.3, 0.4) is 0 Å². The Balaban J connectivity index is 2.78. The lowest BCUT2D eigenvalue weighted by Crippen LogP contribution is -2.17. The third kappa shape index (κ3) is 1.21. The van der Waals surface area contributed by atoms with Crippen LogP contribution in [-0.4, -0.2) is 16.9 Å². The summed E-state index contributed by atoms with van der Waals surface area (Å²) in [4.78, 5) is 9.76. The van der Waals surface area contributed by atoms with E-state index in [-0.39, 0.29) is 5.82 Å². The van der Waals surface area contributed by atoms with Gasteiger partial charge in [0.2, 0.25) is 0 Å². The molecule has 0 saturated carbocycles. The summed E-state index contributed by atoms with van der Waals surface area (Å²) < 4.78 is 0. The number of nitrogens with zero attached hydrogens (tertiary/aromatic N) is 1. The Hall–Kier alpha value is -0.780. The van der Waals surface area contributed by atoms with Gasteiger partial charge in [0.1, 0.15) is 5.70 Å². The van der Waals surface area contributed by atoms with Crippen molar-refractivity contribution in [1.82, 2.24) is 10.6 Å². The Morgan fingerprint density at radius 3 is 2.80 bits per heavy atom. The lowest BCUT2D eigenvalue weighted by Gasteiger charge is -1.94. The minimum Gasteiger partial charge on any atom is -0.358 e. The van der Waals surface area contributed by atoms with E-state index in [1.165, 1.54) is 0 Å². The molecule has 0 aliphatic carbocycles. The zero-order valence-electron chi connectivity index (χ0n) is 5.06. The zero-order valence-corrected chi connectivity index (χ0v) is 6.64. The smallest absolute Gasteiger partial charge is 0.337 e. The van der Waals surface area contributed by atoms with Crippen LogP contribution in [0.2, 0.25) is 0 Å². The van der Waals surface area contributed by atoms with Crippen LogP contribution < -0.4 is 10.6 Å². The lowest BCUT2D eigenvalue weighted by molar-refractivity contribution is -0.431. The number of hydrogen-bond acceptors (Lipinski definition) is 4. The van der Waals surface area contributed by atoms with Gasteiger partial charge in [0.25, 0.3) is 0 Å². The van der Waals surface area contributed by atoms with Gasteiger partial charge in [-0.2, -0.15) is 0 Å². The van der Waals surface area contributed by atoms with Crippen LogP contribution in [0, 0.1) is 10.1 Å². The molecule has 10 heavy (non-hydrogen) atoms. The van der Waals surface area contributed by atoms with Gasteiger partial charge in [0.05, 0.1) is 5.33 Å². The number of allylic oxidation sites excluding steroid dienone is 1. The third-order valence-electron chi connectivity index (χ3n) is 1.16. The van der Waals surface area contributed by atoms with E-state index >= 15 is 0 Å². The van der Waals surface area contributed by atoms with Gasteiger partial charge in [-0.1, -0.05) is 15.9 Å². The van der Waals surface area contributed by atoms with E-state index < -0.39 is 4.92 Å². The molecule has 56 valence electrons. The van der Waals surface area contributed by atoms with Crippen molar-refractivity contribution in [2.24, 2.45) is 0 Å². The van der Waals surface area contributed by atoms with Crippen molar-refractivity contribution in [3.8, 4) is 0 Å². The van der Waals surface area contributed by atoms with Gasteiger partial charge < -0.3 is 15.4 Å². The molecule has 0 saturated heterocycles. The first-order chi connectivity index (χ1) is 4.75. The van der Waals surface area contributed by atoms with Gasteiger partial charge in [-0.05, 0) is 4.92 Å². The Labute approximate surface area is 65.8 Å². The maximum Gasteiger partial charge on any atom is 0.337 e. The van der Waals surface area contributed by atoms with E-state index in [9.17, 15) is 10.1 Å². The normalized spacial score (nSPS) is 16.5. The first-order valence-corrected chi connectivity index (χ1v) is 3.79. The molecule has 1 aliphatic rings. The van der Waals surface area contributed by atoms with Gasteiger partial charge in [0.15, 0.2) is 6.67 Å². The minimum atomic E-state index is -0.434. The van der Waals surface area contributed by atoms with Gasteiger partial charge in [-0.25, -0.2) is 0 Å². The second-order valence-electron chi connectivity index (χ2n) is 1.75. The van der Waals surface area contributed by atoms with E-state index in [1.54, 1.807) is 0 Å². The van der Waals surface area contributed by atoms with Gasteiger partial charge in [0, 0.05) is 0 Å². The first-order valence-electron chi connectivity index (χ1n) is 2.67. The number of rotatable bonds is 2. The maximum atomic E-state index is 10.2. The van der Waals surface area contributed by atoms with E-state index in [1.807, 2.05) is 0 Å². The molecule has 5 nitrogen and oxygen atoms in total. The Kier molecular flexibility index (Phi) is 2.10. The molecule has 0 fully saturated rings. The Bertz CT molecular complexity index is 191. The maximum absolute atomic E-state index is 10.2. The van der Waals surface area contributed by atoms with Gasteiger partial charge >= 0.3 is 5.82 Å². The van der Waals surface area contributed by atoms with Crippen molar-refractivity contribution < 1.29 is 4.92 Å². The van der Waals surface area contributed by atoms with Crippen molar-refractivity contribution in [2.75, 3.05) is 12.0 Å². The summed E-state index contributed by atoms with van der Waals surface area (Å²) in [7, 11) is 0. The number of hydrogen-bond donors (Lipinski definition) is 2. The van der Waals surface area contributed by atoms with Crippen molar-refractivity contribution in [3.05, 3.63) is 21.6 Å². The highest BCUT2D eigenvalue weighted by Crippen LogP contribution is 2.06. The standard InChI is InChI=1S/C4H6BrN3O2/c5-1-3-4(8(9)10)7-2-6-3/h6-7H,1-2H2. The van der Waals surface area contributed by atoms with Crippen LogP contribution in [0.15, 0.2) is 11.5 Å². The van der Waals surface area contributed by atoms with Gasteiger partial charge in [-0.15, -0.1) is 0 Å². The van der Waals surface area contributed by atoms with Crippen molar-refractivity contribution >= 4 is 15.9 Å². The quantitative estimate of drug-likeness (QED) is 0.380. The predicted octanol–water partition coefficient (Wildman–Crippen LogP) is -0.0226. The summed E-state index contributed by atoms with van der Waals surface area (Å²) in [5.41, 5.74) is 0.602. The summed E-state index contributed by atoms with van der Waals surface area (Å²) in [5.74, 6) is 0.0666. The average molecular weight is 208 g/mol. The SMILES string of the molecule is O=[N+]([O-])C1=C(CBr)NCN1. The molecule has 1 rings (SSSR count). The molecule has 0 amide bonds. The predicted molar refractivity (Wildman–Crippen MR) is 39.0 cm³/mol. The van der Waals surface area contributed by atoms with E-state index in [0.29, 0.717) is 17.7 Å². The fourth-order valence-corrected chi connectivity index (χ4v) is 1.17. The molecule has 0 aromatic rings. The topological polar surface area (TPSA) is 67.2 Å². The zero-order chi connectivity index (χ0) is 7.56. The molecule has 0 unspecified atom stereocenters. The molecule has 6 heteroatoms. The van der Waals surface area contributed by atoms with E-state index in [0.717, 1.165) is 0 Å². The van der Waals surface area contributed by atoms with E-state index in [2.05, 4.69) is 26.6 Å². The second-order valence-corrected chi connectivity index (χ2v) is 2.31. The summed E-state index contributed by atoms with van der Waals surface area (Å²) in [5, 5.41) is 16.1. The third-order valence-corrected chi connectivity index (χ3v) is 1.72. The van der Waals surface area contributed by atoms with Crippen molar-refractivity contribution in [2.45, 2.75) is 0 Å². The highest BCUT2D eigenvalue weighted by Gasteiger charge is 2.21. The molecule has 0 radical (unpaired) electrons. The van der Waals surface area contributed by atoms with Crippen molar-refractivity contribution in [3.63, 3.8) is 0 Å². The molecule has 0 atom stereocenters. The molecule has 0 bridgehead atoms. The highest BCUT2D eigenvalue weighted by molar-refractivity contribution is 9.09. The number of halogens is 1. The Morgan fingerprint density at radius 1 is 1.70 bits per heavy atom. The summed E-state index contributed by atoms with van der Waals surface area (Å²) in [6.45, 7) is 0.442. The number of nitrogens with one attached hydrogen (secondary N) is 2. The largest absolute Gasteiger partial charge is 0.358 e. The molecular formula is C4H6BrN3O2. The molecule has 1 heterocycles. The summed E-state index contributed by atoms with van der Waals surface area (Å²) in [6, 6.07) is 0. The number of alkyl halides is 1. The first kappa shape index (κ1) is 7.33. The molecule has 1 aliphatic heterocycles. The van der Waals surface area contributed by atoms with Crippen LogP contribution in [0.4, 0.5) is 0 Å². The lowest BCUT2D eigenvalue weighted by atomic mass is 10.5. The fourth-order valence-electron chi connectivity index (χ4n) is 0.710. The summed E-state index contributed by atoms with van der Waals surface area (Å²) in [6.07, 6.45) is 0.